The quantitative estimate of drug-likeness (QED) is 0.320. The summed E-state index contributed by atoms with van der Waals surface area (Å²) < 4.78 is 23.2. The van der Waals surface area contributed by atoms with Gasteiger partial charge in [0.25, 0.3) is 5.91 Å². The molecule has 0 saturated heterocycles. The normalized spacial score (nSPS) is 22.7. The van der Waals surface area contributed by atoms with E-state index in [1.54, 1.807) is 29.2 Å². The Morgan fingerprint density at radius 2 is 1.88 bits per heavy atom. The van der Waals surface area contributed by atoms with E-state index in [1.807, 2.05) is 12.1 Å². The molecular formula is C32H34N2O9. The van der Waals surface area contributed by atoms with Crippen molar-refractivity contribution in [2.45, 2.75) is 55.9 Å². The third-order valence-electron chi connectivity index (χ3n) is 8.62. The highest BCUT2D eigenvalue weighted by atomic mass is 16.5. The lowest BCUT2D eigenvalue weighted by Crippen LogP contribution is -2.58. The second-order valence-corrected chi connectivity index (χ2v) is 11.0. The number of para-hydroxylation sites is 1. The molecule has 1 saturated carbocycles. The molecule has 4 unspecified atom stereocenters. The van der Waals surface area contributed by atoms with E-state index in [0.717, 1.165) is 25.7 Å². The number of methoxy groups -OCH3 is 2. The lowest BCUT2D eigenvalue weighted by atomic mass is 9.77. The van der Waals surface area contributed by atoms with E-state index in [4.69, 9.17) is 18.6 Å². The summed E-state index contributed by atoms with van der Waals surface area (Å²) in [6.07, 6.45) is 3.39. The Morgan fingerprint density at radius 3 is 2.58 bits per heavy atom. The van der Waals surface area contributed by atoms with E-state index in [0.29, 0.717) is 45.6 Å². The van der Waals surface area contributed by atoms with Crippen LogP contribution in [0.15, 0.2) is 52.5 Å². The van der Waals surface area contributed by atoms with Crippen molar-refractivity contribution < 1.29 is 43.2 Å². The van der Waals surface area contributed by atoms with Crippen molar-refractivity contribution in [3.8, 4) is 17.2 Å². The molecule has 1 fully saturated rings. The maximum atomic E-state index is 14.3. The van der Waals surface area contributed by atoms with Gasteiger partial charge in [0, 0.05) is 34.7 Å². The molecule has 3 N–H and O–H groups in total. The van der Waals surface area contributed by atoms with Gasteiger partial charge in [-0.15, -0.1) is 0 Å². The first kappa shape index (κ1) is 28.8. The van der Waals surface area contributed by atoms with Crippen LogP contribution in [0.1, 0.15) is 58.1 Å². The van der Waals surface area contributed by atoms with Gasteiger partial charge in [-0.25, -0.2) is 0 Å². The third-order valence-corrected chi connectivity index (χ3v) is 8.62. The largest absolute Gasteiger partial charge is 0.493 e. The van der Waals surface area contributed by atoms with Crippen LogP contribution in [-0.4, -0.2) is 84.9 Å². The average Bonchev–Trinajstić information content (AvgIpc) is 3.79. The standard InChI is InChI=1S/C32H34N2O9/c1-40-23-9-5-6-18-14-25(42-28(18)23)32(39)34(19-7-3-4-8-19)22-15-21(31(38)33-10-11-35)26-20-12-17(16-36)13-24(41-2)29(20)43-30(26)27(22)37/h5-6,9,12-16,19,22,26-27,30,35,37H,3-4,7-8,10-11H2,1-2H3,(H,33,38). The number of fused-ring (bicyclic) bond motifs is 4. The molecule has 1 aromatic heterocycles. The summed E-state index contributed by atoms with van der Waals surface area (Å²) in [4.78, 5) is 41.2. The summed E-state index contributed by atoms with van der Waals surface area (Å²) in [7, 11) is 2.97. The Hall–Kier alpha value is -4.35. The molecular weight excluding hydrogens is 556 g/mol. The molecule has 11 nitrogen and oxygen atoms in total. The molecule has 4 atom stereocenters. The molecule has 2 heterocycles. The predicted octanol–water partition coefficient (Wildman–Crippen LogP) is 2.97. The number of nitrogens with zero attached hydrogens (tertiary/aromatic N) is 1. The van der Waals surface area contributed by atoms with Crippen LogP contribution in [0.4, 0.5) is 0 Å². The van der Waals surface area contributed by atoms with Crippen molar-refractivity contribution in [2.75, 3.05) is 27.4 Å². The van der Waals surface area contributed by atoms with Gasteiger partial charge in [0.1, 0.15) is 18.5 Å². The number of ether oxygens (including phenoxy) is 3. The van der Waals surface area contributed by atoms with Crippen molar-refractivity contribution in [1.29, 1.82) is 0 Å². The maximum absolute atomic E-state index is 14.3. The number of nitrogens with one attached hydrogen (secondary N) is 1. The first-order valence-corrected chi connectivity index (χ1v) is 14.4. The molecule has 0 radical (unpaired) electrons. The molecule has 2 aromatic carbocycles. The van der Waals surface area contributed by atoms with Gasteiger partial charge < -0.3 is 39.1 Å². The second kappa shape index (κ2) is 11.7. The number of rotatable bonds is 9. The predicted molar refractivity (Wildman–Crippen MR) is 155 cm³/mol. The molecule has 3 aromatic rings. The Labute approximate surface area is 248 Å². The number of carbonyl (C=O) groups excluding carboxylic acids is 3. The molecule has 0 bridgehead atoms. The van der Waals surface area contributed by atoms with Crippen LogP contribution in [0, 0.1) is 0 Å². The summed E-state index contributed by atoms with van der Waals surface area (Å²) in [5.41, 5.74) is 1.56. The van der Waals surface area contributed by atoms with Gasteiger partial charge in [0.05, 0.1) is 32.8 Å². The highest BCUT2D eigenvalue weighted by molar-refractivity contribution is 5.99. The number of furan rings is 1. The summed E-state index contributed by atoms with van der Waals surface area (Å²) in [6, 6.07) is 9.05. The Kier molecular flexibility index (Phi) is 7.85. The maximum Gasteiger partial charge on any atom is 0.290 e. The zero-order valence-electron chi connectivity index (χ0n) is 23.9. The van der Waals surface area contributed by atoms with Crippen molar-refractivity contribution in [1.82, 2.24) is 10.2 Å². The van der Waals surface area contributed by atoms with Crippen molar-refractivity contribution in [3.05, 3.63) is 64.9 Å². The fraction of sp³-hybridized carbons (Fsp3) is 0.406. The number of aliphatic hydroxyl groups is 2. The first-order valence-electron chi connectivity index (χ1n) is 14.4. The van der Waals surface area contributed by atoms with E-state index in [9.17, 15) is 24.6 Å². The van der Waals surface area contributed by atoms with Crippen LogP contribution < -0.4 is 19.5 Å². The van der Waals surface area contributed by atoms with Crippen LogP contribution >= 0.6 is 0 Å². The summed E-state index contributed by atoms with van der Waals surface area (Å²) in [6.45, 7) is -0.254. The van der Waals surface area contributed by atoms with Crippen molar-refractivity contribution >= 4 is 29.1 Å². The fourth-order valence-corrected chi connectivity index (χ4v) is 6.69. The van der Waals surface area contributed by atoms with E-state index in [-0.39, 0.29) is 30.5 Å². The SMILES string of the molecule is COc1cc(C=O)cc2c1OC1C2C(C(=O)NCCO)=CC(N(C(=O)c2cc3cccc(OC)c3o2)C2CCCC2)C1O. The zero-order valence-corrected chi connectivity index (χ0v) is 23.9. The number of hydrogen-bond acceptors (Lipinski definition) is 9. The van der Waals surface area contributed by atoms with Crippen molar-refractivity contribution in [3.63, 3.8) is 0 Å². The molecule has 1 aliphatic heterocycles. The molecule has 226 valence electrons. The molecule has 6 rings (SSSR count). The lowest BCUT2D eigenvalue weighted by Gasteiger charge is -2.42. The Bertz CT molecular complexity index is 1590. The second-order valence-electron chi connectivity index (χ2n) is 11.0. The minimum atomic E-state index is -1.24. The first-order chi connectivity index (χ1) is 20.9. The summed E-state index contributed by atoms with van der Waals surface area (Å²) in [5, 5.41) is 24.7. The van der Waals surface area contributed by atoms with Gasteiger partial charge in [-0.05, 0) is 43.2 Å². The van der Waals surface area contributed by atoms with Crippen LogP contribution in [0.2, 0.25) is 0 Å². The van der Waals surface area contributed by atoms with E-state index in [1.165, 1.54) is 20.3 Å². The lowest BCUT2D eigenvalue weighted by molar-refractivity contribution is -0.118. The van der Waals surface area contributed by atoms with Crippen LogP contribution in [0.25, 0.3) is 11.0 Å². The van der Waals surface area contributed by atoms with Gasteiger partial charge in [-0.1, -0.05) is 25.0 Å². The van der Waals surface area contributed by atoms with Crippen LogP contribution in [-0.2, 0) is 4.79 Å². The Morgan fingerprint density at radius 1 is 1.12 bits per heavy atom. The Balaban J connectivity index is 1.46. The highest BCUT2D eigenvalue weighted by Crippen LogP contribution is 2.51. The van der Waals surface area contributed by atoms with E-state index < -0.39 is 36.0 Å². The topological polar surface area (TPSA) is 148 Å². The molecule has 3 aliphatic rings. The summed E-state index contributed by atoms with van der Waals surface area (Å²) >= 11 is 0. The molecule has 2 aliphatic carbocycles. The van der Waals surface area contributed by atoms with Crippen LogP contribution in [0.3, 0.4) is 0 Å². The average molecular weight is 591 g/mol. The number of aldehydes is 1. The number of amides is 2. The van der Waals surface area contributed by atoms with Gasteiger partial charge in [0.15, 0.2) is 28.6 Å². The van der Waals surface area contributed by atoms with Gasteiger partial charge in [-0.2, -0.15) is 0 Å². The monoisotopic (exact) mass is 590 g/mol. The van der Waals surface area contributed by atoms with Crippen LogP contribution in [0.5, 0.6) is 17.2 Å². The smallest absolute Gasteiger partial charge is 0.290 e. The molecule has 2 amide bonds. The zero-order chi connectivity index (χ0) is 30.2. The molecule has 0 spiro atoms. The summed E-state index contributed by atoms with van der Waals surface area (Å²) in [5.74, 6) is -0.429. The number of aliphatic hydroxyl groups excluding tert-OH is 2. The minimum Gasteiger partial charge on any atom is -0.493 e. The van der Waals surface area contributed by atoms with Gasteiger partial charge in [0.2, 0.25) is 5.91 Å². The number of benzene rings is 2. The van der Waals surface area contributed by atoms with Gasteiger partial charge in [-0.3, -0.25) is 14.4 Å². The number of hydrogen-bond donors (Lipinski definition) is 3. The minimum absolute atomic E-state index is 0.0122. The fourth-order valence-electron chi connectivity index (χ4n) is 6.69. The van der Waals surface area contributed by atoms with E-state index in [2.05, 4.69) is 5.32 Å². The number of carbonyl (C=O) groups is 3. The molecule has 11 heteroatoms. The molecule has 43 heavy (non-hydrogen) atoms. The highest BCUT2D eigenvalue weighted by Gasteiger charge is 2.52. The van der Waals surface area contributed by atoms with Gasteiger partial charge >= 0.3 is 0 Å². The van der Waals surface area contributed by atoms with E-state index >= 15 is 0 Å². The third kappa shape index (κ3) is 4.92. The van der Waals surface area contributed by atoms with Crippen molar-refractivity contribution in [2.24, 2.45) is 0 Å².